The maximum Gasteiger partial charge on any atom is 0.0999 e. The zero-order chi connectivity index (χ0) is 13.0. The quantitative estimate of drug-likeness (QED) is 0.816. The number of aromatic nitrogens is 1. The van der Waals surface area contributed by atoms with E-state index in [1.807, 2.05) is 24.3 Å². The minimum absolute atomic E-state index is 0.272. The van der Waals surface area contributed by atoms with Crippen LogP contribution in [0.1, 0.15) is 5.56 Å². The molecule has 0 aliphatic carbocycles. The first-order valence-corrected chi connectivity index (χ1v) is 6.44. The molecule has 0 radical (unpaired) electrons. The Hall–Kier alpha value is -1.61. The molecule has 0 bridgehead atoms. The number of benzene rings is 1. The molecule has 1 atom stereocenters. The van der Waals surface area contributed by atoms with Crippen LogP contribution in [0, 0.1) is 11.3 Å². The first-order valence-electron chi connectivity index (χ1n) is 5.46. The Morgan fingerprint density at radius 1 is 1.39 bits per heavy atom. The Bertz CT molecular complexity index is 595. The zero-order valence-corrected chi connectivity index (χ0v) is 10.4. The van der Waals surface area contributed by atoms with Crippen LogP contribution in [-0.2, 0) is 0 Å². The summed E-state index contributed by atoms with van der Waals surface area (Å²) in [6.07, 6.45) is -0.770. The molecule has 0 fully saturated rings. The first kappa shape index (κ1) is 12.8. The molecule has 1 unspecified atom stereocenters. The van der Waals surface area contributed by atoms with Gasteiger partial charge in [0.2, 0.25) is 0 Å². The molecule has 92 valence electrons. The van der Waals surface area contributed by atoms with Gasteiger partial charge in [-0.15, -0.1) is 11.8 Å². The number of nitriles is 1. The highest BCUT2D eigenvalue weighted by atomic mass is 32.2. The summed E-state index contributed by atoms with van der Waals surface area (Å²) in [4.78, 5) is 4.41. The molecule has 2 rings (SSSR count). The van der Waals surface area contributed by atoms with Gasteiger partial charge in [0.05, 0.1) is 34.9 Å². The van der Waals surface area contributed by atoms with Gasteiger partial charge >= 0.3 is 0 Å². The number of hydrogen-bond donors (Lipinski definition) is 2. The van der Waals surface area contributed by atoms with E-state index in [2.05, 4.69) is 11.1 Å². The molecular weight excluding hydrogens is 248 g/mol. The summed E-state index contributed by atoms with van der Waals surface area (Å²) in [6.45, 7) is -0.272. The van der Waals surface area contributed by atoms with Crippen molar-refractivity contribution < 1.29 is 10.2 Å². The fraction of sp³-hybridized carbons (Fsp3) is 0.231. The van der Waals surface area contributed by atoms with Crippen LogP contribution in [-0.4, -0.2) is 33.7 Å². The molecule has 0 saturated carbocycles. The molecule has 18 heavy (non-hydrogen) atoms. The molecule has 0 spiro atoms. The Morgan fingerprint density at radius 2 is 2.17 bits per heavy atom. The van der Waals surface area contributed by atoms with Crippen molar-refractivity contribution in [2.24, 2.45) is 0 Å². The average Bonchev–Trinajstić information content (AvgIpc) is 2.43. The summed E-state index contributed by atoms with van der Waals surface area (Å²) in [5.74, 6) is 0.354. The Labute approximate surface area is 109 Å². The molecule has 1 aromatic heterocycles. The third-order valence-electron chi connectivity index (χ3n) is 2.45. The minimum Gasteiger partial charge on any atom is -0.394 e. The van der Waals surface area contributed by atoms with Crippen LogP contribution < -0.4 is 0 Å². The summed E-state index contributed by atoms with van der Waals surface area (Å²) >= 11 is 1.33. The van der Waals surface area contributed by atoms with E-state index in [0.29, 0.717) is 16.3 Å². The van der Waals surface area contributed by atoms with Crippen molar-refractivity contribution in [1.82, 2.24) is 4.98 Å². The van der Waals surface area contributed by atoms with E-state index in [9.17, 15) is 5.11 Å². The van der Waals surface area contributed by atoms with Gasteiger partial charge in [-0.05, 0) is 12.1 Å². The van der Waals surface area contributed by atoms with Crippen LogP contribution in [0.2, 0.25) is 0 Å². The second-order valence-corrected chi connectivity index (χ2v) is 4.82. The number of para-hydroxylation sites is 1. The average molecular weight is 260 g/mol. The predicted molar refractivity (Wildman–Crippen MR) is 70.3 cm³/mol. The fourth-order valence-corrected chi connectivity index (χ4v) is 2.38. The number of rotatable bonds is 4. The SMILES string of the molecule is N#Cc1cc(SCC(O)CO)nc2ccccc12. The van der Waals surface area contributed by atoms with E-state index in [-0.39, 0.29) is 6.61 Å². The van der Waals surface area contributed by atoms with Crippen LogP contribution in [0.5, 0.6) is 0 Å². The summed E-state index contributed by atoms with van der Waals surface area (Å²) in [6, 6.07) is 11.3. The molecule has 0 amide bonds. The number of fused-ring (bicyclic) bond motifs is 1. The highest BCUT2D eigenvalue weighted by Gasteiger charge is 2.08. The molecule has 2 N–H and O–H groups in total. The van der Waals surface area contributed by atoms with Crippen molar-refractivity contribution in [2.75, 3.05) is 12.4 Å². The lowest BCUT2D eigenvalue weighted by Crippen LogP contribution is -2.14. The monoisotopic (exact) mass is 260 g/mol. The standard InChI is InChI=1S/C13H12N2O2S/c14-6-9-5-13(18-8-10(17)7-16)15-12-4-2-1-3-11(9)12/h1-5,10,16-17H,7-8H2. The molecule has 0 aliphatic heterocycles. The Morgan fingerprint density at radius 3 is 2.89 bits per heavy atom. The largest absolute Gasteiger partial charge is 0.394 e. The number of aliphatic hydroxyl groups is 2. The van der Waals surface area contributed by atoms with Crippen molar-refractivity contribution in [3.63, 3.8) is 0 Å². The van der Waals surface area contributed by atoms with Crippen molar-refractivity contribution in [3.05, 3.63) is 35.9 Å². The van der Waals surface area contributed by atoms with E-state index in [4.69, 9.17) is 10.4 Å². The maximum absolute atomic E-state index is 9.30. The third-order valence-corrected chi connectivity index (χ3v) is 3.50. The zero-order valence-electron chi connectivity index (χ0n) is 9.58. The first-order chi connectivity index (χ1) is 8.74. The van der Waals surface area contributed by atoms with Gasteiger partial charge in [-0.1, -0.05) is 18.2 Å². The second kappa shape index (κ2) is 5.83. The van der Waals surface area contributed by atoms with Gasteiger partial charge in [0.25, 0.3) is 0 Å². The summed E-state index contributed by atoms with van der Waals surface area (Å²) < 4.78 is 0. The van der Waals surface area contributed by atoms with Crippen LogP contribution in [0.4, 0.5) is 0 Å². The van der Waals surface area contributed by atoms with Gasteiger partial charge in [0.15, 0.2) is 0 Å². The van der Waals surface area contributed by atoms with Gasteiger partial charge in [-0.25, -0.2) is 4.98 Å². The maximum atomic E-state index is 9.30. The molecule has 5 heteroatoms. The third kappa shape index (κ3) is 2.79. The van der Waals surface area contributed by atoms with E-state index < -0.39 is 6.10 Å². The number of thioether (sulfide) groups is 1. The summed E-state index contributed by atoms with van der Waals surface area (Å²) in [5, 5.41) is 28.7. The van der Waals surface area contributed by atoms with Crippen LogP contribution in [0.25, 0.3) is 10.9 Å². The summed E-state index contributed by atoms with van der Waals surface area (Å²) in [5.41, 5.74) is 1.33. The lowest BCUT2D eigenvalue weighted by atomic mass is 10.1. The molecule has 0 aliphatic rings. The van der Waals surface area contributed by atoms with E-state index in [1.165, 1.54) is 11.8 Å². The van der Waals surface area contributed by atoms with Gasteiger partial charge in [0, 0.05) is 11.1 Å². The number of hydrogen-bond acceptors (Lipinski definition) is 5. The van der Waals surface area contributed by atoms with Crippen molar-refractivity contribution in [2.45, 2.75) is 11.1 Å². The Balaban J connectivity index is 2.33. The highest BCUT2D eigenvalue weighted by Crippen LogP contribution is 2.23. The van der Waals surface area contributed by atoms with Crippen LogP contribution >= 0.6 is 11.8 Å². The van der Waals surface area contributed by atoms with Gasteiger partial charge in [-0.3, -0.25) is 0 Å². The van der Waals surface area contributed by atoms with Crippen molar-refractivity contribution in [3.8, 4) is 6.07 Å². The van der Waals surface area contributed by atoms with Crippen LogP contribution in [0.15, 0.2) is 35.4 Å². The van der Waals surface area contributed by atoms with Gasteiger partial charge < -0.3 is 10.2 Å². The smallest absolute Gasteiger partial charge is 0.0999 e. The Kier molecular flexibility index (Phi) is 4.15. The lowest BCUT2D eigenvalue weighted by Gasteiger charge is -2.07. The lowest BCUT2D eigenvalue weighted by molar-refractivity contribution is 0.113. The fourth-order valence-electron chi connectivity index (χ4n) is 1.55. The van der Waals surface area contributed by atoms with Crippen molar-refractivity contribution >= 4 is 22.7 Å². The van der Waals surface area contributed by atoms with Gasteiger partial charge in [-0.2, -0.15) is 5.26 Å². The topological polar surface area (TPSA) is 77.1 Å². The minimum atomic E-state index is -0.770. The second-order valence-electron chi connectivity index (χ2n) is 3.78. The number of nitrogens with zero attached hydrogens (tertiary/aromatic N) is 2. The molecule has 4 nitrogen and oxygen atoms in total. The van der Waals surface area contributed by atoms with Crippen LogP contribution in [0.3, 0.4) is 0 Å². The normalized spacial score (nSPS) is 12.3. The molecule has 2 aromatic rings. The molecule has 1 heterocycles. The van der Waals surface area contributed by atoms with Crippen molar-refractivity contribution in [1.29, 1.82) is 5.26 Å². The number of pyridine rings is 1. The molecule has 1 aromatic carbocycles. The predicted octanol–water partition coefficient (Wildman–Crippen LogP) is 1.55. The van der Waals surface area contributed by atoms with E-state index in [1.54, 1.807) is 6.07 Å². The van der Waals surface area contributed by atoms with E-state index in [0.717, 1.165) is 10.9 Å². The molecule has 0 saturated heterocycles. The number of aliphatic hydroxyl groups excluding tert-OH is 2. The van der Waals surface area contributed by atoms with Gasteiger partial charge in [0.1, 0.15) is 0 Å². The highest BCUT2D eigenvalue weighted by molar-refractivity contribution is 7.99. The molecular formula is C13H12N2O2S. The van der Waals surface area contributed by atoms with E-state index >= 15 is 0 Å². The summed E-state index contributed by atoms with van der Waals surface area (Å²) in [7, 11) is 0.